The smallest absolute Gasteiger partial charge is 0.337 e. The Kier molecular flexibility index (Phi) is 4.25. The molecule has 0 saturated heterocycles. The number of carbonyl (C=O) groups is 3. The molecule has 0 saturated carbocycles. The lowest BCUT2D eigenvalue weighted by atomic mass is 10.2. The molecule has 0 fully saturated rings. The minimum Gasteiger partial charge on any atom is -0.478 e. The highest BCUT2D eigenvalue weighted by Gasteiger charge is 2.11. The molecular formula is C14H11N3O4. The molecule has 2 aromatic rings. The van der Waals surface area contributed by atoms with E-state index in [-0.39, 0.29) is 11.3 Å². The summed E-state index contributed by atoms with van der Waals surface area (Å²) in [5, 5.41) is 13.3. The van der Waals surface area contributed by atoms with Gasteiger partial charge in [0, 0.05) is 11.8 Å². The Labute approximate surface area is 119 Å². The molecule has 0 bridgehead atoms. The largest absolute Gasteiger partial charge is 0.478 e. The molecule has 7 nitrogen and oxygen atoms in total. The highest BCUT2D eigenvalue weighted by molar-refractivity contribution is 6.08. The number of rotatable bonds is 3. The van der Waals surface area contributed by atoms with Crippen molar-refractivity contribution in [3.8, 4) is 0 Å². The summed E-state index contributed by atoms with van der Waals surface area (Å²) in [6, 6.07) is 8.69. The number of carboxylic acids is 1. The van der Waals surface area contributed by atoms with Crippen molar-refractivity contribution in [2.45, 2.75) is 0 Å². The molecule has 1 heterocycles. The number of aromatic carboxylic acids is 1. The number of hydrogen-bond acceptors (Lipinski definition) is 4. The summed E-state index contributed by atoms with van der Waals surface area (Å²) in [5.74, 6) is -1.72. The SMILES string of the molecule is O=C(NC(=O)c1ccccc1)Nc1cncc(C(=O)O)c1. The van der Waals surface area contributed by atoms with E-state index in [9.17, 15) is 14.4 Å². The Morgan fingerprint density at radius 1 is 1.00 bits per heavy atom. The van der Waals surface area contributed by atoms with Crippen molar-refractivity contribution in [3.05, 3.63) is 59.9 Å². The summed E-state index contributed by atoms with van der Waals surface area (Å²) < 4.78 is 0. The van der Waals surface area contributed by atoms with Gasteiger partial charge in [-0.05, 0) is 18.2 Å². The van der Waals surface area contributed by atoms with E-state index < -0.39 is 17.9 Å². The van der Waals surface area contributed by atoms with Crippen molar-refractivity contribution in [1.29, 1.82) is 0 Å². The first-order valence-corrected chi connectivity index (χ1v) is 5.92. The third kappa shape index (κ3) is 3.87. The van der Waals surface area contributed by atoms with Gasteiger partial charge < -0.3 is 10.4 Å². The van der Waals surface area contributed by atoms with E-state index in [1.165, 1.54) is 12.3 Å². The minimum atomic E-state index is -1.16. The van der Waals surface area contributed by atoms with Crippen LogP contribution in [0.25, 0.3) is 0 Å². The van der Waals surface area contributed by atoms with Crippen molar-refractivity contribution >= 4 is 23.6 Å². The molecule has 1 aromatic heterocycles. The fourth-order valence-corrected chi connectivity index (χ4v) is 1.55. The first kappa shape index (κ1) is 14.2. The number of amides is 3. The lowest BCUT2D eigenvalue weighted by molar-refractivity contribution is 0.0696. The lowest BCUT2D eigenvalue weighted by Crippen LogP contribution is -2.34. The Hall–Kier alpha value is -3.22. The second-order valence-electron chi connectivity index (χ2n) is 4.04. The maximum absolute atomic E-state index is 11.7. The molecule has 7 heteroatoms. The van der Waals surface area contributed by atoms with E-state index in [1.54, 1.807) is 30.3 Å². The number of aromatic nitrogens is 1. The molecular weight excluding hydrogens is 274 g/mol. The van der Waals surface area contributed by atoms with Gasteiger partial charge in [-0.2, -0.15) is 0 Å². The van der Waals surface area contributed by atoms with Crippen molar-refractivity contribution in [1.82, 2.24) is 10.3 Å². The molecule has 3 N–H and O–H groups in total. The molecule has 21 heavy (non-hydrogen) atoms. The molecule has 0 aliphatic heterocycles. The summed E-state index contributed by atoms with van der Waals surface area (Å²) in [7, 11) is 0. The van der Waals surface area contributed by atoms with Crippen LogP contribution >= 0.6 is 0 Å². The predicted octanol–water partition coefficient (Wildman–Crippen LogP) is 1.74. The molecule has 0 aliphatic rings. The highest BCUT2D eigenvalue weighted by atomic mass is 16.4. The number of hydrogen-bond donors (Lipinski definition) is 3. The molecule has 2 rings (SSSR count). The van der Waals surface area contributed by atoms with E-state index in [4.69, 9.17) is 5.11 Å². The average molecular weight is 285 g/mol. The number of urea groups is 1. The monoisotopic (exact) mass is 285 g/mol. The Bertz CT molecular complexity index is 686. The van der Waals surface area contributed by atoms with E-state index >= 15 is 0 Å². The molecule has 0 spiro atoms. The molecule has 0 unspecified atom stereocenters. The van der Waals surface area contributed by atoms with Crippen LogP contribution in [0.2, 0.25) is 0 Å². The first-order chi connectivity index (χ1) is 10.1. The molecule has 106 valence electrons. The van der Waals surface area contributed by atoms with Crippen molar-refractivity contribution in [2.24, 2.45) is 0 Å². The van der Waals surface area contributed by atoms with Gasteiger partial charge in [0.25, 0.3) is 5.91 Å². The number of imide groups is 1. The molecule has 0 aliphatic carbocycles. The van der Waals surface area contributed by atoms with Crippen LogP contribution in [0, 0.1) is 0 Å². The van der Waals surface area contributed by atoms with Gasteiger partial charge in [-0.15, -0.1) is 0 Å². The van der Waals surface area contributed by atoms with E-state index in [2.05, 4.69) is 15.6 Å². The quantitative estimate of drug-likeness (QED) is 0.796. The maximum Gasteiger partial charge on any atom is 0.337 e. The summed E-state index contributed by atoms with van der Waals surface area (Å²) in [5.41, 5.74) is 0.445. The van der Waals surface area contributed by atoms with Crippen molar-refractivity contribution in [2.75, 3.05) is 5.32 Å². The summed E-state index contributed by atoms with van der Waals surface area (Å²) in [6.45, 7) is 0. The van der Waals surface area contributed by atoms with Crippen molar-refractivity contribution < 1.29 is 19.5 Å². The normalized spacial score (nSPS) is 9.71. The van der Waals surface area contributed by atoms with Crippen LogP contribution in [0.1, 0.15) is 20.7 Å². The summed E-state index contributed by atoms with van der Waals surface area (Å²) in [6.07, 6.45) is 2.43. The third-order valence-electron chi connectivity index (χ3n) is 2.51. The van der Waals surface area contributed by atoms with E-state index in [0.29, 0.717) is 5.56 Å². The lowest BCUT2D eigenvalue weighted by Gasteiger charge is -2.06. The Morgan fingerprint density at radius 3 is 2.38 bits per heavy atom. The Balaban J connectivity index is 2.00. The minimum absolute atomic E-state index is 0.0674. The molecule has 0 radical (unpaired) electrons. The maximum atomic E-state index is 11.7. The van der Waals surface area contributed by atoms with Crippen LogP contribution in [-0.2, 0) is 0 Å². The topological polar surface area (TPSA) is 108 Å². The van der Waals surface area contributed by atoms with Gasteiger partial charge in [0.15, 0.2) is 0 Å². The Morgan fingerprint density at radius 2 is 1.71 bits per heavy atom. The van der Waals surface area contributed by atoms with Crippen molar-refractivity contribution in [3.63, 3.8) is 0 Å². The standard InChI is InChI=1S/C14H11N3O4/c18-12(9-4-2-1-3-5-9)17-14(21)16-11-6-10(13(19)20)7-15-8-11/h1-8H,(H,19,20)(H2,16,17,18,21). The van der Waals surface area contributed by atoms with Gasteiger partial charge in [-0.3, -0.25) is 15.1 Å². The predicted molar refractivity (Wildman–Crippen MR) is 74.1 cm³/mol. The van der Waals surface area contributed by atoms with Crippen LogP contribution < -0.4 is 10.6 Å². The molecule has 1 aromatic carbocycles. The van der Waals surface area contributed by atoms with E-state index in [0.717, 1.165) is 6.20 Å². The molecule has 0 atom stereocenters. The number of benzene rings is 1. The first-order valence-electron chi connectivity index (χ1n) is 5.92. The van der Waals surface area contributed by atoms with Gasteiger partial charge in [0.1, 0.15) is 0 Å². The second-order valence-corrected chi connectivity index (χ2v) is 4.04. The number of carboxylic acid groups (broad SMARTS) is 1. The molecule has 3 amide bonds. The zero-order chi connectivity index (χ0) is 15.2. The fraction of sp³-hybridized carbons (Fsp3) is 0. The van der Waals surface area contributed by atoms with Crippen LogP contribution in [0.5, 0.6) is 0 Å². The summed E-state index contributed by atoms with van der Waals surface area (Å²) >= 11 is 0. The zero-order valence-corrected chi connectivity index (χ0v) is 10.7. The van der Waals surface area contributed by atoms with E-state index in [1.807, 2.05) is 0 Å². The summed E-state index contributed by atoms with van der Waals surface area (Å²) in [4.78, 5) is 37.9. The van der Waals surface area contributed by atoms with Crippen LogP contribution in [0.4, 0.5) is 10.5 Å². The number of pyridine rings is 1. The second kappa shape index (κ2) is 6.29. The van der Waals surface area contributed by atoms with Crippen LogP contribution in [0.3, 0.4) is 0 Å². The van der Waals surface area contributed by atoms with Gasteiger partial charge >= 0.3 is 12.0 Å². The van der Waals surface area contributed by atoms with Gasteiger partial charge in [-0.1, -0.05) is 18.2 Å². The number of nitrogens with zero attached hydrogens (tertiary/aromatic N) is 1. The average Bonchev–Trinajstić information content (AvgIpc) is 2.48. The number of nitrogens with one attached hydrogen (secondary N) is 2. The van der Waals surface area contributed by atoms with Crippen LogP contribution in [0.15, 0.2) is 48.8 Å². The number of anilines is 1. The van der Waals surface area contributed by atoms with Gasteiger partial charge in [-0.25, -0.2) is 9.59 Å². The number of carbonyl (C=O) groups excluding carboxylic acids is 2. The zero-order valence-electron chi connectivity index (χ0n) is 10.7. The highest BCUT2D eigenvalue weighted by Crippen LogP contribution is 2.08. The fourth-order valence-electron chi connectivity index (χ4n) is 1.55. The third-order valence-corrected chi connectivity index (χ3v) is 2.51. The van der Waals surface area contributed by atoms with Gasteiger partial charge in [0.2, 0.25) is 0 Å². The van der Waals surface area contributed by atoms with Gasteiger partial charge in [0.05, 0.1) is 17.4 Å². The van der Waals surface area contributed by atoms with Crippen LogP contribution in [-0.4, -0.2) is 28.0 Å².